The number of aromatic nitrogens is 2. The Morgan fingerprint density at radius 1 is 1.53 bits per heavy atom. The minimum Gasteiger partial charge on any atom is -0.395 e. The molecule has 0 bridgehead atoms. The van der Waals surface area contributed by atoms with Crippen molar-refractivity contribution in [2.75, 3.05) is 26.4 Å². The van der Waals surface area contributed by atoms with Gasteiger partial charge >= 0.3 is 0 Å². The first-order valence-electron chi connectivity index (χ1n) is 6.65. The summed E-state index contributed by atoms with van der Waals surface area (Å²) in [5.74, 6) is -0.147. The molecule has 1 unspecified atom stereocenters. The third-order valence-corrected chi connectivity index (χ3v) is 3.08. The van der Waals surface area contributed by atoms with Gasteiger partial charge in [-0.05, 0) is 47.8 Å². The molecule has 6 heteroatoms. The molecule has 0 spiro atoms. The fourth-order valence-corrected chi connectivity index (χ4v) is 1.88. The molecular formula is C13H25N5O. The maximum atomic E-state index is 12.2. The third-order valence-electron chi connectivity index (χ3n) is 3.08. The van der Waals surface area contributed by atoms with E-state index in [0.717, 1.165) is 13.0 Å². The zero-order valence-electron chi connectivity index (χ0n) is 12.5. The van der Waals surface area contributed by atoms with Gasteiger partial charge in [-0.25, -0.2) is 0 Å². The highest BCUT2D eigenvalue weighted by atomic mass is 16.2. The minimum absolute atomic E-state index is 0.106. The molecule has 0 aliphatic rings. The summed E-state index contributed by atoms with van der Waals surface area (Å²) in [4.78, 5) is 14.3. The summed E-state index contributed by atoms with van der Waals surface area (Å²) in [6.07, 6.45) is 0.901. The van der Waals surface area contributed by atoms with Gasteiger partial charge in [0.15, 0.2) is 0 Å². The number of hydrogen-bond acceptors (Lipinski definition) is 4. The number of amides is 1. The molecule has 0 aliphatic carbocycles. The van der Waals surface area contributed by atoms with E-state index in [1.807, 2.05) is 34.9 Å². The van der Waals surface area contributed by atoms with Crippen molar-refractivity contribution in [3.63, 3.8) is 0 Å². The third kappa shape index (κ3) is 3.96. The first-order valence-corrected chi connectivity index (χ1v) is 6.65. The van der Waals surface area contributed by atoms with Gasteiger partial charge in [-0.3, -0.25) is 9.48 Å². The summed E-state index contributed by atoms with van der Waals surface area (Å²) >= 11 is 0. The molecule has 1 aromatic rings. The molecule has 108 valence electrons. The Bertz CT molecular complexity index is 438. The van der Waals surface area contributed by atoms with Crippen LogP contribution < -0.4 is 11.1 Å². The van der Waals surface area contributed by atoms with Gasteiger partial charge in [-0.1, -0.05) is 0 Å². The van der Waals surface area contributed by atoms with Gasteiger partial charge in [0.2, 0.25) is 0 Å². The Morgan fingerprint density at radius 3 is 2.68 bits per heavy atom. The number of nitrogens with two attached hydrogens (primary N) is 1. The van der Waals surface area contributed by atoms with Crippen LogP contribution in [0.5, 0.6) is 0 Å². The fraction of sp³-hybridized carbons (Fsp3) is 0.692. The number of anilines is 1. The van der Waals surface area contributed by atoms with Crippen LogP contribution in [0.1, 0.15) is 36.5 Å². The second-order valence-electron chi connectivity index (χ2n) is 5.13. The van der Waals surface area contributed by atoms with Crippen LogP contribution >= 0.6 is 0 Å². The van der Waals surface area contributed by atoms with Crippen molar-refractivity contribution in [1.82, 2.24) is 20.0 Å². The van der Waals surface area contributed by atoms with Gasteiger partial charge in [-0.15, -0.1) is 0 Å². The molecule has 1 atom stereocenters. The lowest BCUT2D eigenvalue weighted by Gasteiger charge is -2.17. The highest BCUT2D eigenvalue weighted by molar-refractivity contribution is 5.98. The number of nitrogen functional groups attached to an aromatic ring is 1. The van der Waals surface area contributed by atoms with Gasteiger partial charge < -0.3 is 16.0 Å². The minimum atomic E-state index is -0.147. The quantitative estimate of drug-likeness (QED) is 0.801. The van der Waals surface area contributed by atoms with E-state index >= 15 is 0 Å². The van der Waals surface area contributed by atoms with Crippen LogP contribution in [0.4, 0.5) is 5.69 Å². The lowest BCUT2D eigenvalue weighted by molar-refractivity contribution is 0.0927. The van der Waals surface area contributed by atoms with E-state index in [2.05, 4.69) is 15.3 Å². The van der Waals surface area contributed by atoms with Crippen molar-refractivity contribution in [3.05, 3.63) is 11.4 Å². The molecule has 6 nitrogen and oxygen atoms in total. The standard InChI is InChI=1S/C13H25N5O/c1-6-18-12(11(14)10(3)16-18)13(19)15-9(2)7-8-17(4)5/h9H,6-8,14H2,1-5H3,(H,15,19). The van der Waals surface area contributed by atoms with Gasteiger partial charge in [0.05, 0.1) is 11.4 Å². The van der Waals surface area contributed by atoms with E-state index in [-0.39, 0.29) is 11.9 Å². The summed E-state index contributed by atoms with van der Waals surface area (Å²) in [5.41, 5.74) is 7.57. The number of carbonyl (C=O) groups is 1. The number of rotatable bonds is 6. The SMILES string of the molecule is CCn1nc(C)c(N)c1C(=O)NC(C)CCN(C)C. The monoisotopic (exact) mass is 267 g/mol. The maximum Gasteiger partial charge on any atom is 0.271 e. The number of carbonyl (C=O) groups excluding carboxylic acids is 1. The van der Waals surface area contributed by atoms with Crippen molar-refractivity contribution >= 4 is 11.6 Å². The second-order valence-corrected chi connectivity index (χ2v) is 5.13. The average molecular weight is 267 g/mol. The molecule has 3 N–H and O–H groups in total. The molecule has 0 radical (unpaired) electrons. The summed E-state index contributed by atoms with van der Waals surface area (Å²) in [7, 11) is 4.03. The zero-order valence-corrected chi connectivity index (χ0v) is 12.5. The molecule has 0 saturated carbocycles. The Balaban J connectivity index is 2.73. The second kappa shape index (κ2) is 6.56. The number of nitrogens with one attached hydrogen (secondary N) is 1. The Morgan fingerprint density at radius 2 is 2.16 bits per heavy atom. The molecular weight excluding hydrogens is 242 g/mol. The normalized spacial score (nSPS) is 12.7. The molecule has 1 aromatic heterocycles. The van der Waals surface area contributed by atoms with Gasteiger partial charge in [0, 0.05) is 12.6 Å². The van der Waals surface area contributed by atoms with Crippen molar-refractivity contribution in [3.8, 4) is 0 Å². The number of nitrogens with zero attached hydrogens (tertiary/aromatic N) is 3. The molecule has 0 aromatic carbocycles. The van der Waals surface area contributed by atoms with Crippen LogP contribution in [0.2, 0.25) is 0 Å². The Labute approximate surface area is 114 Å². The predicted molar refractivity (Wildman–Crippen MR) is 77.1 cm³/mol. The Hall–Kier alpha value is -1.56. The van der Waals surface area contributed by atoms with Crippen LogP contribution in [0.15, 0.2) is 0 Å². The molecule has 19 heavy (non-hydrogen) atoms. The highest BCUT2D eigenvalue weighted by Gasteiger charge is 2.20. The van der Waals surface area contributed by atoms with Crippen LogP contribution in [0.25, 0.3) is 0 Å². The molecule has 0 saturated heterocycles. The van der Waals surface area contributed by atoms with E-state index in [9.17, 15) is 4.79 Å². The molecule has 0 fully saturated rings. The highest BCUT2D eigenvalue weighted by Crippen LogP contribution is 2.16. The van der Waals surface area contributed by atoms with Gasteiger partial charge in [-0.2, -0.15) is 5.10 Å². The topological polar surface area (TPSA) is 76.2 Å². The van der Waals surface area contributed by atoms with E-state index in [1.165, 1.54) is 0 Å². The smallest absolute Gasteiger partial charge is 0.271 e. The van der Waals surface area contributed by atoms with Crippen molar-refractivity contribution < 1.29 is 4.79 Å². The summed E-state index contributed by atoms with van der Waals surface area (Å²) in [6.45, 7) is 7.32. The average Bonchev–Trinajstić information content (AvgIpc) is 2.62. The fourth-order valence-electron chi connectivity index (χ4n) is 1.88. The van der Waals surface area contributed by atoms with Crippen LogP contribution in [0.3, 0.4) is 0 Å². The van der Waals surface area contributed by atoms with Crippen molar-refractivity contribution in [2.45, 2.75) is 39.8 Å². The summed E-state index contributed by atoms with van der Waals surface area (Å²) < 4.78 is 1.65. The number of aryl methyl sites for hydroxylation is 2. The largest absolute Gasteiger partial charge is 0.395 e. The lowest BCUT2D eigenvalue weighted by Crippen LogP contribution is -2.36. The molecule has 1 amide bonds. The first kappa shape index (κ1) is 15.5. The van der Waals surface area contributed by atoms with Crippen LogP contribution in [-0.2, 0) is 6.54 Å². The van der Waals surface area contributed by atoms with Gasteiger partial charge in [0.1, 0.15) is 5.69 Å². The first-order chi connectivity index (χ1) is 8.86. The summed E-state index contributed by atoms with van der Waals surface area (Å²) in [6, 6.07) is 0.106. The zero-order chi connectivity index (χ0) is 14.6. The van der Waals surface area contributed by atoms with E-state index in [0.29, 0.717) is 23.6 Å². The molecule has 1 heterocycles. The molecule has 0 aliphatic heterocycles. The predicted octanol–water partition coefficient (Wildman–Crippen LogP) is 0.864. The summed E-state index contributed by atoms with van der Waals surface area (Å²) in [5, 5.41) is 7.23. The van der Waals surface area contributed by atoms with E-state index < -0.39 is 0 Å². The lowest BCUT2D eigenvalue weighted by atomic mass is 10.2. The van der Waals surface area contributed by atoms with Crippen molar-refractivity contribution in [2.24, 2.45) is 0 Å². The number of hydrogen-bond donors (Lipinski definition) is 2. The van der Waals surface area contributed by atoms with E-state index in [4.69, 9.17) is 5.73 Å². The van der Waals surface area contributed by atoms with Gasteiger partial charge in [0.25, 0.3) is 5.91 Å². The van der Waals surface area contributed by atoms with E-state index in [1.54, 1.807) is 4.68 Å². The Kier molecular flexibility index (Phi) is 5.35. The maximum absolute atomic E-state index is 12.2. The van der Waals surface area contributed by atoms with Crippen LogP contribution in [0, 0.1) is 6.92 Å². The van der Waals surface area contributed by atoms with Crippen LogP contribution in [-0.4, -0.2) is 47.3 Å². The molecule has 1 rings (SSSR count). The van der Waals surface area contributed by atoms with Crippen molar-refractivity contribution in [1.29, 1.82) is 0 Å².